The van der Waals surface area contributed by atoms with Gasteiger partial charge in [-0.25, -0.2) is 4.39 Å². The first-order valence-electron chi connectivity index (χ1n) is 9.47. The Morgan fingerprint density at radius 2 is 2.15 bits per heavy atom. The number of likely N-dealkylation sites (tertiary alicyclic amines) is 1. The second kappa shape index (κ2) is 6.36. The molecule has 0 unspecified atom stereocenters. The molecule has 5 nitrogen and oxygen atoms in total. The Morgan fingerprint density at radius 3 is 2.93 bits per heavy atom. The van der Waals surface area contributed by atoms with Crippen molar-refractivity contribution in [2.24, 2.45) is 10.8 Å². The van der Waals surface area contributed by atoms with Gasteiger partial charge in [-0.2, -0.15) is 5.10 Å². The van der Waals surface area contributed by atoms with Crippen LogP contribution in [0.4, 0.5) is 4.39 Å². The van der Waals surface area contributed by atoms with Gasteiger partial charge in [-0.3, -0.25) is 9.89 Å². The number of carbonyl (C=O) groups excluding carboxylic acids is 1. The molecule has 1 aliphatic carbocycles. The Hall–Kier alpha value is -2.37. The number of aromatic amines is 1. The normalized spacial score (nSPS) is 26.2. The highest BCUT2D eigenvalue weighted by Crippen LogP contribution is 2.52. The molecule has 6 heteroatoms. The monoisotopic (exact) mass is 371 g/mol. The minimum Gasteiger partial charge on any atom is -0.487 e. The van der Waals surface area contributed by atoms with E-state index in [1.165, 1.54) is 12.1 Å². The molecule has 1 aliphatic heterocycles. The van der Waals surface area contributed by atoms with Gasteiger partial charge in [0.2, 0.25) is 0 Å². The number of hydrogen-bond acceptors (Lipinski definition) is 3. The first kappa shape index (κ1) is 18.0. The number of hydrogen-bond donors (Lipinski definition) is 1. The number of benzene rings is 1. The number of ether oxygens (including phenoxy) is 1. The smallest absolute Gasteiger partial charge is 0.274 e. The number of H-pyrrole nitrogens is 1. The highest BCUT2D eigenvalue weighted by Gasteiger charge is 2.51. The molecule has 1 aromatic carbocycles. The van der Waals surface area contributed by atoms with E-state index in [1.807, 2.05) is 4.90 Å². The van der Waals surface area contributed by atoms with Crippen LogP contribution >= 0.6 is 0 Å². The van der Waals surface area contributed by atoms with Crippen LogP contribution in [0.15, 0.2) is 30.3 Å². The van der Waals surface area contributed by atoms with Crippen molar-refractivity contribution in [2.45, 2.75) is 52.7 Å². The minimum absolute atomic E-state index is 0.0188. The predicted octanol–water partition coefficient (Wildman–Crippen LogP) is 4.17. The molecule has 144 valence electrons. The fraction of sp³-hybridized carbons (Fsp3) is 0.524. The Labute approximate surface area is 158 Å². The molecule has 2 aliphatic rings. The van der Waals surface area contributed by atoms with E-state index in [1.54, 1.807) is 18.2 Å². The fourth-order valence-electron chi connectivity index (χ4n) is 5.11. The van der Waals surface area contributed by atoms with E-state index in [4.69, 9.17) is 4.74 Å². The van der Waals surface area contributed by atoms with Crippen molar-refractivity contribution in [1.29, 1.82) is 0 Å². The van der Waals surface area contributed by atoms with E-state index in [0.29, 0.717) is 17.1 Å². The first-order valence-corrected chi connectivity index (χ1v) is 9.47. The molecule has 4 rings (SSSR count). The van der Waals surface area contributed by atoms with Gasteiger partial charge in [0.15, 0.2) is 5.69 Å². The molecule has 1 N–H and O–H groups in total. The van der Waals surface area contributed by atoms with Crippen LogP contribution < -0.4 is 4.74 Å². The summed E-state index contributed by atoms with van der Waals surface area (Å²) in [5.74, 6) is 0.0835. The number of nitrogens with zero attached hydrogens (tertiary/aromatic N) is 2. The van der Waals surface area contributed by atoms with Crippen molar-refractivity contribution in [2.75, 3.05) is 6.54 Å². The molecule has 0 radical (unpaired) electrons. The second-order valence-electron chi connectivity index (χ2n) is 9.17. The summed E-state index contributed by atoms with van der Waals surface area (Å²) in [5.41, 5.74) is 1.57. The molecule has 2 aromatic rings. The fourth-order valence-corrected chi connectivity index (χ4v) is 5.11. The number of fused-ring (bicyclic) bond motifs is 2. The lowest BCUT2D eigenvalue weighted by Crippen LogP contribution is -2.37. The van der Waals surface area contributed by atoms with Crippen LogP contribution in [0, 0.1) is 16.6 Å². The molecule has 2 atom stereocenters. The third-order valence-electron chi connectivity index (χ3n) is 5.72. The molecular formula is C21H26FN3O2. The molecule has 1 saturated carbocycles. The summed E-state index contributed by atoms with van der Waals surface area (Å²) in [5, 5.41) is 7.06. The molecule has 2 fully saturated rings. The van der Waals surface area contributed by atoms with Gasteiger partial charge in [-0.05, 0) is 48.3 Å². The van der Waals surface area contributed by atoms with E-state index < -0.39 is 0 Å². The van der Waals surface area contributed by atoms with Crippen molar-refractivity contribution in [3.8, 4) is 5.75 Å². The molecular weight excluding hydrogens is 345 g/mol. The zero-order valence-corrected chi connectivity index (χ0v) is 16.1. The van der Waals surface area contributed by atoms with Gasteiger partial charge in [-0.1, -0.05) is 26.8 Å². The van der Waals surface area contributed by atoms with Crippen molar-refractivity contribution < 1.29 is 13.9 Å². The van der Waals surface area contributed by atoms with Crippen LogP contribution in [-0.2, 0) is 6.61 Å². The highest BCUT2D eigenvalue weighted by molar-refractivity contribution is 5.93. The van der Waals surface area contributed by atoms with Crippen LogP contribution in [0.25, 0.3) is 0 Å². The summed E-state index contributed by atoms with van der Waals surface area (Å²) >= 11 is 0. The lowest BCUT2D eigenvalue weighted by molar-refractivity contribution is 0.0702. The number of halogens is 1. The van der Waals surface area contributed by atoms with E-state index in [2.05, 4.69) is 31.0 Å². The Morgan fingerprint density at radius 1 is 1.33 bits per heavy atom. The third-order valence-corrected chi connectivity index (χ3v) is 5.72. The highest BCUT2D eigenvalue weighted by atomic mass is 19.1. The van der Waals surface area contributed by atoms with Crippen LogP contribution in [0.3, 0.4) is 0 Å². The van der Waals surface area contributed by atoms with Crippen LogP contribution in [0.5, 0.6) is 5.75 Å². The summed E-state index contributed by atoms with van der Waals surface area (Å²) in [4.78, 5) is 15.0. The second-order valence-corrected chi connectivity index (χ2v) is 9.17. The topological polar surface area (TPSA) is 58.2 Å². The van der Waals surface area contributed by atoms with Crippen molar-refractivity contribution in [1.82, 2.24) is 15.1 Å². The Bertz CT molecular complexity index is 863. The quantitative estimate of drug-likeness (QED) is 0.878. The zero-order valence-electron chi connectivity index (χ0n) is 16.1. The summed E-state index contributed by atoms with van der Waals surface area (Å²) in [6, 6.07) is 8.01. The molecule has 2 bridgehead atoms. The Kier molecular flexibility index (Phi) is 4.24. The first-order chi connectivity index (χ1) is 12.7. The van der Waals surface area contributed by atoms with E-state index >= 15 is 0 Å². The van der Waals surface area contributed by atoms with Gasteiger partial charge in [-0.15, -0.1) is 0 Å². The number of amides is 1. The molecule has 1 aromatic heterocycles. The van der Waals surface area contributed by atoms with Gasteiger partial charge in [0.25, 0.3) is 5.91 Å². The van der Waals surface area contributed by atoms with E-state index in [0.717, 1.165) is 25.8 Å². The van der Waals surface area contributed by atoms with Crippen molar-refractivity contribution in [3.05, 3.63) is 47.5 Å². The maximum absolute atomic E-state index is 13.2. The van der Waals surface area contributed by atoms with E-state index in [9.17, 15) is 9.18 Å². The zero-order chi connectivity index (χ0) is 19.2. The molecule has 1 amide bonds. The van der Waals surface area contributed by atoms with Gasteiger partial charge in [0.05, 0.1) is 5.69 Å². The van der Waals surface area contributed by atoms with Crippen LogP contribution in [-0.4, -0.2) is 33.6 Å². The third kappa shape index (κ3) is 3.70. The van der Waals surface area contributed by atoms with Gasteiger partial charge in [0.1, 0.15) is 18.2 Å². The number of carbonyl (C=O) groups is 1. The summed E-state index contributed by atoms with van der Waals surface area (Å²) in [6.45, 7) is 7.88. The molecule has 2 heterocycles. The lowest BCUT2D eigenvalue weighted by atomic mass is 9.65. The minimum atomic E-state index is -0.343. The van der Waals surface area contributed by atoms with Gasteiger partial charge < -0.3 is 9.64 Å². The summed E-state index contributed by atoms with van der Waals surface area (Å²) < 4.78 is 18.8. The summed E-state index contributed by atoms with van der Waals surface area (Å²) in [7, 11) is 0. The van der Waals surface area contributed by atoms with Gasteiger partial charge in [0, 0.05) is 18.7 Å². The average molecular weight is 371 g/mol. The Balaban J connectivity index is 1.43. The molecule has 27 heavy (non-hydrogen) atoms. The molecule has 1 saturated heterocycles. The standard InChI is InChI=1S/C21H26FN3O2/c1-20(2)9-16-10-21(3,12-20)13-25(16)19(26)18-8-15(23-24-18)11-27-17-6-4-5-14(22)7-17/h4-8,16H,9-13H2,1-3H3,(H,23,24)/t16-,21-/m1/s1. The number of rotatable bonds is 4. The lowest BCUT2D eigenvalue weighted by Gasteiger charge is -2.39. The number of nitrogens with one attached hydrogen (secondary N) is 1. The SMILES string of the molecule is CC1(C)C[C@@H]2C[C@@](C)(CN2C(=O)c2cc(COc3cccc(F)c3)[nH]n2)C1. The van der Waals surface area contributed by atoms with Gasteiger partial charge >= 0.3 is 0 Å². The number of aromatic nitrogens is 2. The predicted molar refractivity (Wildman–Crippen MR) is 99.9 cm³/mol. The maximum Gasteiger partial charge on any atom is 0.274 e. The molecule has 0 spiro atoms. The van der Waals surface area contributed by atoms with Crippen LogP contribution in [0.2, 0.25) is 0 Å². The van der Waals surface area contributed by atoms with Crippen molar-refractivity contribution >= 4 is 5.91 Å². The average Bonchev–Trinajstić information content (AvgIpc) is 3.13. The summed E-state index contributed by atoms with van der Waals surface area (Å²) in [6.07, 6.45) is 3.25. The van der Waals surface area contributed by atoms with E-state index in [-0.39, 0.29) is 35.2 Å². The largest absolute Gasteiger partial charge is 0.487 e. The van der Waals surface area contributed by atoms with Crippen molar-refractivity contribution in [3.63, 3.8) is 0 Å². The maximum atomic E-state index is 13.2. The van der Waals surface area contributed by atoms with Crippen LogP contribution in [0.1, 0.15) is 56.2 Å².